The number of hydrogen-bond donors (Lipinski definition) is 0. The van der Waals surface area contributed by atoms with E-state index in [0.29, 0.717) is 12.4 Å². The van der Waals surface area contributed by atoms with Crippen LogP contribution in [0.2, 0.25) is 5.02 Å². The third-order valence-corrected chi connectivity index (χ3v) is 6.67. The van der Waals surface area contributed by atoms with Gasteiger partial charge in [0.1, 0.15) is 17.0 Å². The second kappa shape index (κ2) is 8.53. The monoisotopic (exact) mass is 454 g/mol. The van der Waals surface area contributed by atoms with Gasteiger partial charge in [-0.1, -0.05) is 42.7 Å². The Morgan fingerprint density at radius 1 is 1.10 bits per heavy atom. The Bertz CT molecular complexity index is 1180. The summed E-state index contributed by atoms with van der Waals surface area (Å²) in [5, 5.41) is 8.07. The molecule has 4 heterocycles. The lowest BCUT2D eigenvalue weighted by Crippen LogP contribution is -2.46. The number of fused-ring (bicyclic) bond motifs is 1. The minimum Gasteiger partial charge on any atom is -0.353 e. The SMILES string of the molecule is CC(C)c1noc(CN2CCN(c3ncnc4scc(-c5ccc(Cl)cc5)c34)CC2)n1. The first kappa shape index (κ1) is 20.4. The number of thiophene rings is 1. The summed E-state index contributed by atoms with van der Waals surface area (Å²) in [6, 6.07) is 7.94. The lowest BCUT2D eigenvalue weighted by Gasteiger charge is -2.35. The fraction of sp³-hybridized carbons (Fsp3) is 0.364. The largest absolute Gasteiger partial charge is 0.353 e. The lowest BCUT2D eigenvalue weighted by atomic mass is 10.1. The standard InChI is InChI=1S/C22H23ClN6OS/c1-14(2)20-26-18(30-27-20)11-28-7-9-29(10-8-28)21-19-17(12-31-22(19)25-13-24-21)15-3-5-16(23)6-4-15/h3-6,12-14H,7-11H2,1-2H3. The molecule has 1 fully saturated rings. The van der Waals surface area contributed by atoms with Crippen LogP contribution in [0.1, 0.15) is 31.5 Å². The van der Waals surface area contributed by atoms with Gasteiger partial charge in [0.15, 0.2) is 5.82 Å². The molecular formula is C22H23ClN6OS. The maximum absolute atomic E-state index is 6.08. The molecule has 31 heavy (non-hydrogen) atoms. The molecule has 160 valence electrons. The van der Waals surface area contributed by atoms with E-state index in [1.54, 1.807) is 17.7 Å². The zero-order valence-corrected chi connectivity index (χ0v) is 19.0. The Morgan fingerprint density at radius 2 is 1.87 bits per heavy atom. The Labute approximate surface area is 189 Å². The normalized spacial score (nSPS) is 15.3. The van der Waals surface area contributed by atoms with Crippen LogP contribution in [0, 0.1) is 0 Å². The predicted octanol–water partition coefficient (Wildman–Crippen LogP) is 4.84. The van der Waals surface area contributed by atoms with Crippen LogP contribution in [0.5, 0.6) is 0 Å². The summed E-state index contributed by atoms with van der Waals surface area (Å²) < 4.78 is 5.42. The number of halogens is 1. The molecule has 3 aromatic heterocycles. The fourth-order valence-electron chi connectivity index (χ4n) is 3.82. The van der Waals surface area contributed by atoms with Crippen LogP contribution >= 0.6 is 22.9 Å². The molecule has 0 bridgehead atoms. The van der Waals surface area contributed by atoms with Gasteiger partial charge in [-0.25, -0.2) is 9.97 Å². The van der Waals surface area contributed by atoms with Crippen LogP contribution in [0.25, 0.3) is 21.3 Å². The van der Waals surface area contributed by atoms with Crippen LogP contribution in [-0.4, -0.2) is 51.2 Å². The first-order valence-corrected chi connectivity index (χ1v) is 11.6. The molecule has 1 saturated heterocycles. The van der Waals surface area contributed by atoms with Gasteiger partial charge in [0, 0.05) is 48.1 Å². The van der Waals surface area contributed by atoms with Gasteiger partial charge in [-0.3, -0.25) is 4.90 Å². The summed E-state index contributed by atoms with van der Waals surface area (Å²) in [5.74, 6) is 2.72. The van der Waals surface area contributed by atoms with Gasteiger partial charge >= 0.3 is 0 Å². The summed E-state index contributed by atoms with van der Waals surface area (Å²) in [6.45, 7) is 8.40. The van der Waals surface area contributed by atoms with Gasteiger partial charge in [-0.2, -0.15) is 4.98 Å². The molecule has 1 aliphatic rings. The van der Waals surface area contributed by atoms with E-state index in [1.165, 1.54) is 0 Å². The van der Waals surface area contributed by atoms with E-state index in [0.717, 1.165) is 64.2 Å². The number of piperazine rings is 1. The summed E-state index contributed by atoms with van der Waals surface area (Å²) in [5.41, 5.74) is 2.28. The maximum atomic E-state index is 6.08. The molecule has 1 aliphatic heterocycles. The van der Waals surface area contributed by atoms with Crippen LogP contribution in [0.4, 0.5) is 5.82 Å². The minimum atomic E-state index is 0.273. The average molecular weight is 455 g/mol. The topological polar surface area (TPSA) is 71.2 Å². The first-order chi connectivity index (χ1) is 15.1. The van der Waals surface area contributed by atoms with E-state index in [1.807, 2.05) is 24.3 Å². The molecule has 4 aromatic rings. The average Bonchev–Trinajstić information content (AvgIpc) is 3.42. The summed E-state index contributed by atoms with van der Waals surface area (Å²) >= 11 is 7.73. The quantitative estimate of drug-likeness (QED) is 0.427. The molecule has 5 rings (SSSR count). The molecule has 0 N–H and O–H groups in total. The van der Waals surface area contributed by atoms with Gasteiger partial charge in [-0.15, -0.1) is 11.3 Å². The van der Waals surface area contributed by atoms with Crippen molar-refractivity contribution in [1.29, 1.82) is 0 Å². The third kappa shape index (κ3) is 4.15. The highest BCUT2D eigenvalue weighted by Gasteiger charge is 2.23. The van der Waals surface area contributed by atoms with Crippen LogP contribution in [0.3, 0.4) is 0 Å². The number of aromatic nitrogens is 4. The molecule has 0 atom stereocenters. The second-order valence-electron chi connectivity index (χ2n) is 8.00. The molecule has 0 radical (unpaired) electrons. The van der Waals surface area contributed by atoms with Crippen molar-refractivity contribution in [2.45, 2.75) is 26.3 Å². The van der Waals surface area contributed by atoms with Gasteiger partial charge in [0.05, 0.1) is 11.9 Å². The van der Waals surface area contributed by atoms with Gasteiger partial charge in [0.25, 0.3) is 0 Å². The molecule has 0 spiro atoms. The summed E-state index contributed by atoms with van der Waals surface area (Å²) in [7, 11) is 0. The van der Waals surface area contributed by atoms with Gasteiger partial charge < -0.3 is 9.42 Å². The number of anilines is 1. The molecule has 7 nitrogen and oxygen atoms in total. The summed E-state index contributed by atoms with van der Waals surface area (Å²) in [6.07, 6.45) is 1.66. The Morgan fingerprint density at radius 3 is 2.58 bits per heavy atom. The molecule has 0 unspecified atom stereocenters. The van der Waals surface area contributed by atoms with E-state index in [2.05, 4.69) is 49.1 Å². The van der Waals surface area contributed by atoms with Gasteiger partial charge in [-0.05, 0) is 17.7 Å². The van der Waals surface area contributed by atoms with Crippen LogP contribution in [-0.2, 0) is 6.54 Å². The molecule has 0 amide bonds. The van der Waals surface area contributed by atoms with Crippen molar-refractivity contribution < 1.29 is 4.52 Å². The number of hydrogen-bond acceptors (Lipinski definition) is 8. The van der Waals surface area contributed by atoms with Crippen molar-refractivity contribution >= 4 is 39.0 Å². The van der Waals surface area contributed by atoms with E-state index in [9.17, 15) is 0 Å². The van der Waals surface area contributed by atoms with Crippen molar-refractivity contribution in [1.82, 2.24) is 25.0 Å². The first-order valence-electron chi connectivity index (χ1n) is 10.4. The molecule has 0 aliphatic carbocycles. The Hall–Kier alpha value is -2.55. The zero-order valence-electron chi connectivity index (χ0n) is 17.5. The predicted molar refractivity (Wildman–Crippen MR) is 124 cm³/mol. The minimum absolute atomic E-state index is 0.273. The highest BCUT2D eigenvalue weighted by molar-refractivity contribution is 7.17. The van der Waals surface area contributed by atoms with Crippen molar-refractivity contribution in [3.8, 4) is 11.1 Å². The van der Waals surface area contributed by atoms with Crippen molar-refractivity contribution in [3.63, 3.8) is 0 Å². The van der Waals surface area contributed by atoms with Crippen molar-refractivity contribution in [2.24, 2.45) is 0 Å². The smallest absolute Gasteiger partial charge is 0.240 e. The maximum Gasteiger partial charge on any atom is 0.240 e. The van der Waals surface area contributed by atoms with Gasteiger partial charge in [0.2, 0.25) is 5.89 Å². The van der Waals surface area contributed by atoms with E-state index in [-0.39, 0.29) is 5.92 Å². The third-order valence-electron chi connectivity index (χ3n) is 5.54. The number of rotatable bonds is 5. The fourth-order valence-corrected chi connectivity index (χ4v) is 4.85. The van der Waals surface area contributed by atoms with E-state index < -0.39 is 0 Å². The van der Waals surface area contributed by atoms with E-state index >= 15 is 0 Å². The van der Waals surface area contributed by atoms with Crippen LogP contribution in [0.15, 0.2) is 40.5 Å². The molecule has 0 saturated carbocycles. The number of benzene rings is 1. The summed E-state index contributed by atoms with van der Waals surface area (Å²) in [4.78, 5) is 19.4. The van der Waals surface area contributed by atoms with Crippen LogP contribution < -0.4 is 4.90 Å². The number of nitrogens with zero attached hydrogens (tertiary/aromatic N) is 6. The molecule has 1 aromatic carbocycles. The van der Waals surface area contributed by atoms with Crippen molar-refractivity contribution in [3.05, 3.63) is 52.7 Å². The molecular weight excluding hydrogens is 432 g/mol. The zero-order chi connectivity index (χ0) is 21.4. The van der Waals surface area contributed by atoms with E-state index in [4.69, 9.17) is 16.1 Å². The Balaban J connectivity index is 1.35. The molecule has 9 heteroatoms. The lowest BCUT2D eigenvalue weighted by molar-refractivity contribution is 0.215. The Kier molecular flexibility index (Phi) is 5.60. The highest BCUT2D eigenvalue weighted by atomic mass is 35.5. The highest BCUT2D eigenvalue weighted by Crippen LogP contribution is 2.38. The second-order valence-corrected chi connectivity index (χ2v) is 9.29. The van der Waals surface area contributed by atoms with Crippen molar-refractivity contribution in [2.75, 3.05) is 31.1 Å².